The molecular formula is C9H10NO4S2-. The number of carboxylic acid groups (broad SMARTS) is 1. The quantitative estimate of drug-likeness (QED) is 0.579. The van der Waals surface area contributed by atoms with Crippen LogP contribution in [-0.2, 0) is 14.6 Å². The first-order valence-corrected chi connectivity index (χ1v) is 7.10. The van der Waals surface area contributed by atoms with E-state index in [0.717, 1.165) is 18.0 Å². The molecule has 0 spiro atoms. The fraction of sp³-hybridized carbons (Fsp3) is 0.222. The summed E-state index contributed by atoms with van der Waals surface area (Å²) >= 11 is 0.993. The number of benzene rings is 1. The smallest absolute Gasteiger partial charge is 0.175 e. The molecule has 2 N–H and O–H groups in total. The normalized spacial score (nSPS) is 11.3. The minimum Gasteiger partial charge on any atom is -0.549 e. The van der Waals surface area contributed by atoms with Gasteiger partial charge in [0.15, 0.2) is 9.84 Å². The van der Waals surface area contributed by atoms with Gasteiger partial charge in [-0.15, -0.1) is 11.8 Å². The molecule has 0 bridgehead atoms. The fourth-order valence-corrected chi connectivity index (χ4v) is 2.34. The Morgan fingerprint density at radius 3 is 2.56 bits per heavy atom. The van der Waals surface area contributed by atoms with E-state index < -0.39 is 15.8 Å². The summed E-state index contributed by atoms with van der Waals surface area (Å²) in [6.45, 7) is 0. The van der Waals surface area contributed by atoms with Gasteiger partial charge in [0, 0.05) is 22.6 Å². The van der Waals surface area contributed by atoms with Crippen molar-refractivity contribution in [2.24, 2.45) is 0 Å². The lowest BCUT2D eigenvalue weighted by Crippen LogP contribution is -2.24. The van der Waals surface area contributed by atoms with Gasteiger partial charge in [0.05, 0.1) is 10.9 Å². The van der Waals surface area contributed by atoms with Gasteiger partial charge in [-0.1, -0.05) is 0 Å². The second-order valence-electron chi connectivity index (χ2n) is 3.13. The van der Waals surface area contributed by atoms with Gasteiger partial charge in [0.1, 0.15) is 0 Å². The monoisotopic (exact) mass is 260 g/mol. The number of carboxylic acids is 1. The van der Waals surface area contributed by atoms with Crippen molar-refractivity contribution in [1.82, 2.24) is 0 Å². The van der Waals surface area contributed by atoms with Crippen molar-refractivity contribution < 1.29 is 18.3 Å². The first-order valence-electron chi connectivity index (χ1n) is 4.23. The highest BCUT2D eigenvalue weighted by Gasteiger charge is 2.09. The Kier molecular flexibility index (Phi) is 3.82. The molecule has 0 radical (unpaired) electrons. The van der Waals surface area contributed by atoms with Gasteiger partial charge in [-0.3, -0.25) is 0 Å². The van der Waals surface area contributed by atoms with Gasteiger partial charge in [-0.05, 0) is 18.2 Å². The van der Waals surface area contributed by atoms with Crippen LogP contribution >= 0.6 is 11.8 Å². The van der Waals surface area contributed by atoms with E-state index in [4.69, 9.17) is 5.73 Å². The van der Waals surface area contributed by atoms with E-state index in [-0.39, 0.29) is 16.3 Å². The summed E-state index contributed by atoms with van der Waals surface area (Å²) in [6, 6.07) is 4.19. The average molecular weight is 260 g/mol. The molecule has 0 amide bonds. The van der Waals surface area contributed by atoms with Crippen molar-refractivity contribution in [1.29, 1.82) is 0 Å². The van der Waals surface area contributed by atoms with Gasteiger partial charge >= 0.3 is 0 Å². The minimum atomic E-state index is -3.29. The maximum Gasteiger partial charge on any atom is 0.175 e. The lowest BCUT2D eigenvalue weighted by atomic mass is 10.3. The molecule has 0 unspecified atom stereocenters. The van der Waals surface area contributed by atoms with E-state index in [2.05, 4.69) is 0 Å². The highest BCUT2D eigenvalue weighted by Crippen LogP contribution is 2.27. The molecule has 0 aliphatic rings. The van der Waals surface area contributed by atoms with Crippen molar-refractivity contribution >= 4 is 33.3 Å². The maximum atomic E-state index is 11.2. The summed E-state index contributed by atoms with van der Waals surface area (Å²) in [4.78, 5) is 10.9. The standard InChI is InChI=1S/C9H11NO4S2/c1-16(13,14)6-2-3-8(7(10)4-6)15-5-9(11)12/h2-4H,5,10H2,1H3,(H,11,12)/p-1. The fourth-order valence-electron chi connectivity index (χ4n) is 1.03. The molecular weight excluding hydrogens is 250 g/mol. The van der Waals surface area contributed by atoms with Crippen LogP contribution in [0.25, 0.3) is 0 Å². The van der Waals surface area contributed by atoms with Gasteiger partial charge in [-0.25, -0.2) is 8.42 Å². The maximum absolute atomic E-state index is 11.2. The number of carbonyl (C=O) groups excluding carboxylic acids is 1. The molecule has 0 saturated heterocycles. The largest absolute Gasteiger partial charge is 0.549 e. The molecule has 0 atom stereocenters. The summed E-state index contributed by atoms with van der Waals surface area (Å²) in [5.41, 5.74) is 5.85. The third-order valence-electron chi connectivity index (χ3n) is 1.75. The third-order valence-corrected chi connectivity index (χ3v) is 3.93. The molecule has 16 heavy (non-hydrogen) atoms. The van der Waals surface area contributed by atoms with Crippen molar-refractivity contribution in [3.8, 4) is 0 Å². The molecule has 0 saturated carbocycles. The van der Waals surface area contributed by atoms with Crippen molar-refractivity contribution in [3.05, 3.63) is 18.2 Å². The number of nitrogen functional groups attached to an aromatic ring is 1. The van der Waals surface area contributed by atoms with Gasteiger partial charge in [-0.2, -0.15) is 0 Å². The number of thioether (sulfide) groups is 1. The van der Waals surface area contributed by atoms with Crippen LogP contribution in [0.5, 0.6) is 0 Å². The summed E-state index contributed by atoms with van der Waals surface area (Å²) in [5, 5.41) is 10.2. The number of nitrogens with two attached hydrogens (primary N) is 1. The number of aliphatic carboxylic acids is 1. The van der Waals surface area contributed by atoms with E-state index in [1.54, 1.807) is 0 Å². The van der Waals surface area contributed by atoms with Crippen LogP contribution in [0, 0.1) is 0 Å². The Morgan fingerprint density at radius 2 is 2.12 bits per heavy atom. The van der Waals surface area contributed by atoms with Crippen molar-refractivity contribution in [2.75, 3.05) is 17.7 Å². The van der Waals surface area contributed by atoms with Gasteiger partial charge in [0.2, 0.25) is 0 Å². The van der Waals surface area contributed by atoms with Crippen LogP contribution in [0.1, 0.15) is 0 Å². The van der Waals surface area contributed by atoms with Crippen LogP contribution in [0.2, 0.25) is 0 Å². The minimum absolute atomic E-state index is 0.114. The van der Waals surface area contributed by atoms with Crippen LogP contribution in [0.15, 0.2) is 28.0 Å². The molecule has 0 aliphatic heterocycles. The first kappa shape index (κ1) is 12.9. The topological polar surface area (TPSA) is 100 Å². The van der Waals surface area contributed by atoms with Crippen LogP contribution < -0.4 is 10.8 Å². The Balaban J connectivity index is 2.96. The zero-order chi connectivity index (χ0) is 12.3. The Hall–Kier alpha value is -1.21. The van der Waals surface area contributed by atoms with E-state index in [9.17, 15) is 18.3 Å². The molecule has 0 fully saturated rings. The Labute approximate surface area is 97.6 Å². The molecule has 1 aromatic rings. The van der Waals surface area contributed by atoms with Gasteiger partial charge in [0.25, 0.3) is 0 Å². The number of carbonyl (C=O) groups is 1. The summed E-state index contributed by atoms with van der Waals surface area (Å²) < 4.78 is 22.4. The summed E-state index contributed by atoms with van der Waals surface area (Å²) in [6.07, 6.45) is 1.08. The molecule has 0 aliphatic carbocycles. The third kappa shape index (κ3) is 3.42. The Bertz CT molecular complexity index is 510. The van der Waals surface area contributed by atoms with Crippen molar-refractivity contribution in [2.45, 2.75) is 9.79 Å². The van der Waals surface area contributed by atoms with Crippen molar-refractivity contribution in [3.63, 3.8) is 0 Å². The summed E-state index contributed by atoms with van der Waals surface area (Å²) in [7, 11) is -3.29. The predicted molar refractivity (Wildman–Crippen MR) is 59.7 cm³/mol. The lowest BCUT2D eigenvalue weighted by Gasteiger charge is -2.07. The zero-order valence-corrected chi connectivity index (χ0v) is 10.1. The molecule has 7 heteroatoms. The molecule has 0 aromatic heterocycles. The molecule has 0 heterocycles. The Morgan fingerprint density at radius 1 is 1.50 bits per heavy atom. The molecule has 1 aromatic carbocycles. The zero-order valence-electron chi connectivity index (χ0n) is 8.47. The first-order chi connectivity index (χ1) is 7.30. The van der Waals surface area contributed by atoms with Crippen LogP contribution in [0.3, 0.4) is 0 Å². The lowest BCUT2D eigenvalue weighted by molar-refractivity contribution is -0.301. The molecule has 1 rings (SSSR count). The number of anilines is 1. The summed E-state index contributed by atoms with van der Waals surface area (Å²) in [5.74, 6) is -1.42. The number of sulfone groups is 1. The van der Waals surface area contributed by atoms with E-state index in [1.807, 2.05) is 0 Å². The number of hydrogen-bond donors (Lipinski definition) is 1. The van der Waals surface area contributed by atoms with Crippen LogP contribution in [-0.4, -0.2) is 26.4 Å². The van der Waals surface area contributed by atoms with Gasteiger partial charge < -0.3 is 15.6 Å². The van der Waals surface area contributed by atoms with E-state index in [1.165, 1.54) is 18.2 Å². The SMILES string of the molecule is CS(=O)(=O)c1ccc(SCC(=O)[O-])c(N)c1. The number of rotatable bonds is 4. The number of hydrogen-bond acceptors (Lipinski definition) is 6. The van der Waals surface area contributed by atoms with E-state index in [0.29, 0.717) is 4.90 Å². The van der Waals surface area contributed by atoms with E-state index >= 15 is 0 Å². The molecule has 88 valence electrons. The predicted octanol–water partition coefficient (Wildman–Crippen LogP) is -0.486. The second-order valence-corrected chi connectivity index (χ2v) is 6.17. The second kappa shape index (κ2) is 4.75. The van der Waals surface area contributed by atoms with Crippen LogP contribution in [0.4, 0.5) is 5.69 Å². The average Bonchev–Trinajstić information content (AvgIpc) is 2.14. The highest BCUT2D eigenvalue weighted by molar-refractivity contribution is 8.00. The highest BCUT2D eigenvalue weighted by atomic mass is 32.2. The molecule has 5 nitrogen and oxygen atoms in total.